The Bertz CT molecular complexity index is 1870. The Balaban J connectivity index is 1.47. The molecule has 0 aliphatic rings. The summed E-state index contributed by atoms with van der Waals surface area (Å²) in [4.78, 5) is 4.38. The Labute approximate surface area is 215 Å². The van der Waals surface area contributed by atoms with Crippen LogP contribution in [0.3, 0.4) is 0 Å². The van der Waals surface area contributed by atoms with E-state index in [2.05, 4.69) is 108 Å². The maximum absolute atomic E-state index is 10.3. The Kier molecular flexibility index (Phi) is 4.97. The molecule has 174 valence electrons. The van der Waals surface area contributed by atoms with Crippen LogP contribution < -0.4 is 0 Å². The molecule has 37 heavy (non-hydrogen) atoms. The summed E-state index contributed by atoms with van der Waals surface area (Å²) in [5, 5.41) is 16.2. The highest BCUT2D eigenvalue weighted by Crippen LogP contribution is 2.44. The smallest absolute Gasteiger partial charge is 0.141 e. The zero-order chi connectivity index (χ0) is 24.8. The van der Waals surface area contributed by atoms with Crippen molar-refractivity contribution in [2.45, 2.75) is 0 Å². The lowest BCUT2D eigenvalue weighted by atomic mass is 9.85. The van der Waals surface area contributed by atoms with Crippen molar-refractivity contribution < 1.29 is 5.11 Å². The molecule has 0 fully saturated rings. The molecule has 0 spiro atoms. The summed E-state index contributed by atoms with van der Waals surface area (Å²) in [7, 11) is 0. The molecule has 2 heteroatoms. The van der Waals surface area contributed by atoms with Crippen molar-refractivity contribution in [1.29, 1.82) is 0 Å². The van der Waals surface area contributed by atoms with Crippen molar-refractivity contribution in [2.75, 3.05) is 0 Å². The average molecular weight is 474 g/mol. The predicted octanol–water partition coefficient (Wildman–Crippen LogP) is 9.25. The number of benzene rings is 6. The van der Waals surface area contributed by atoms with Gasteiger partial charge in [-0.2, -0.15) is 0 Å². The SMILES string of the molecule is Oc1ccc(-c2ccc(-c3c4ccccc4c(-c4ccccc4)c4ccccc34)cc2)c2cccnc12. The van der Waals surface area contributed by atoms with Gasteiger partial charge >= 0.3 is 0 Å². The Morgan fingerprint density at radius 1 is 0.405 bits per heavy atom. The van der Waals surface area contributed by atoms with E-state index >= 15 is 0 Å². The Morgan fingerprint density at radius 3 is 1.49 bits per heavy atom. The van der Waals surface area contributed by atoms with E-state index in [4.69, 9.17) is 0 Å². The molecule has 2 nitrogen and oxygen atoms in total. The molecule has 7 rings (SSSR count). The summed E-state index contributed by atoms with van der Waals surface area (Å²) >= 11 is 0. The first-order valence-corrected chi connectivity index (χ1v) is 12.5. The van der Waals surface area contributed by atoms with Gasteiger partial charge in [0, 0.05) is 11.6 Å². The number of rotatable bonds is 3. The predicted molar refractivity (Wildman–Crippen MR) is 155 cm³/mol. The number of phenolic OH excluding ortho intramolecular Hbond substituents is 1. The van der Waals surface area contributed by atoms with Gasteiger partial charge in [0.05, 0.1) is 0 Å². The summed E-state index contributed by atoms with van der Waals surface area (Å²) in [5.74, 6) is 0.201. The normalized spacial score (nSPS) is 11.4. The van der Waals surface area contributed by atoms with Crippen LogP contribution in [0, 0.1) is 0 Å². The summed E-state index contributed by atoms with van der Waals surface area (Å²) in [6.45, 7) is 0. The number of pyridine rings is 1. The zero-order valence-electron chi connectivity index (χ0n) is 20.1. The molecule has 0 aliphatic carbocycles. The molecule has 0 unspecified atom stereocenters. The van der Waals surface area contributed by atoms with Crippen LogP contribution in [0.4, 0.5) is 0 Å². The molecule has 0 atom stereocenters. The minimum atomic E-state index is 0.201. The van der Waals surface area contributed by atoms with Crippen molar-refractivity contribution in [3.8, 4) is 39.1 Å². The second-order valence-corrected chi connectivity index (χ2v) is 9.32. The number of hydrogen-bond acceptors (Lipinski definition) is 2. The zero-order valence-corrected chi connectivity index (χ0v) is 20.1. The molecule has 0 radical (unpaired) electrons. The third kappa shape index (κ3) is 3.46. The van der Waals surface area contributed by atoms with E-state index in [1.165, 1.54) is 43.8 Å². The first kappa shape index (κ1) is 21.3. The minimum absolute atomic E-state index is 0.201. The molecule has 0 aliphatic heterocycles. The van der Waals surface area contributed by atoms with Crippen molar-refractivity contribution >= 4 is 32.4 Å². The molecule has 1 N–H and O–H groups in total. The number of hydrogen-bond donors (Lipinski definition) is 1. The fourth-order valence-corrected chi connectivity index (χ4v) is 5.58. The van der Waals surface area contributed by atoms with Crippen molar-refractivity contribution in [3.63, 3.8) is 0 Å². The van der Waals surface area contributed by atoms with Gasteiger partial charge in [0.2, 0.25) is 0 Å². The van der Waals surface area contributed by atoms with Crippen LogP contribution in [0.5, 0.6) is 5.75 Å². The van der Waals surface area contributed by atoms with E-state index in [-0.39, 0.29) is 5.75 Å². The molecule has 1 heterocycles. The van der Waals surface area contributed by atoms with E-state index in [9.17, 15) is 5.11 Å². The Hall–Kier alpha value is -4.95. The number of aromatic nitrogens is 1. The largest absolute Gasteiger partial charge is 0.506 e. The molecule has 0 saturated heterocycles. The van der Waals surface area contributed by atoms with Gasteiger partial charge in [-0.3, -0.25) is 4.98 Å². The van der Waals surface area contributed by atoms with Gasteiger partial charge in [-0.05, 0) is 73.1 Å². The molecular weight excluding hydrogens is 450 g/mol. The van der Waals surface area contributed by atoms with Gasteiger partial charge in [0.15, 0.2) is 0 Å². The highest BCUT2D eigenvalue weighted by molar-refractivity contribution is 6.21. The summed E-state index contributed by atoms with van der Waals surface area (Å²) in [6, 6.07) is 44.5. The summed E-state index contributed by atoms with van der Waals surface area (Å²) in [5.41, 5.74) is 7.70. The highest BCUT2D eigenvalue weighted by atomic mass is 16.3. The first-order valence-electron chi connectivity index (χ1n) is 12.5. The van der Waals surface area contributed by atoms with Gasteiger partial charge in [0.25, 0.3) is 0 Å². The van der Waals surface area contributed by atoms with Crippen LogP contribution >= 0.6 is 0 Å². The van der Waals surface area contributed by atoms with Gasteiger partial charge in [-0.25, -0.2) is 0 Å². The quantitative estimate of drug-likeness (QED) is 0.259. The lowest BCUT2D eigenvalue weighted by molar-refractivity contribution is 0.480. The maximum atomic E-state index is 10.3. The van der Waals surface area contributed by atoms with E-state index < -0.39 is 0 Å². The molecule has 7 aromatic rings. The van der Waals surface area contributed by atoms with Gasteiger partial charge in [-0.15, -0.1) is 0 Å². The molecule has 0 saturated carbocycles. The monoisotopic (exact) mass is 473 g/mol. The van der Waals surface area contributed by atoms with Crippen LogP contribution in [-0.4, -0.2) is 10.1 Å². The minimum Gasteiger partial charge on any atom is -0.506 e. The van der Waals surface area contributed by atoms with Crippen molar-refractivity contribution in [2.24, 2.45) is 0 Å². The van der Waals surface area contributed by atoms with E-state index in [0.717, 1.165) is 16.5 Å². The highest BCUT2D eigenvalue weighted by Gasteiger charge is 2.16. The van der Waals surface area contributed by atoms with Crippen LogP contribution in [0.25, 0.3) is 65.8 Å². The third-order valence-electron chi connectivity index (χ3n) is 7.23. The molecule has 1 aromatic heterocycles. The lowest BCUT2D eigenvalue weighted by Gasteiger charge is -2.18. The van der Waals surface area contributed by atoms with Gasteiger partial charge in [-0.1, -0.05) is 109 Å². The fraction of sp³-hybridized carbons (Fsp3) is 0. The molecule has 6 aromatic carbocycles. The van der Waals surface area contributed by atoms with Gasteiger partial charge in [0.1, 0.15) is 11.3 Å². The number of aromatic hydroxyl groups is 1. The standard InChI is InChI=1S/C35H23NO/c37-32-21-20-26(31-15-8-22-36-35(31)32)23-16-18-25(19-17-23)34-29-13-6-4-11-27(29)33(24-9-2-1-3-10-24)28-12-5-7-14-30(28)34/h1-22,37H. The van der Waals surface area contributed by atoms with E-state index in [1.807, 2.05) is 18.2 Å². The second-order valence-electron chi connectivity index (χ2n) is 9.32. The number of phenols is 1. The van der Waals surface area contributed by atoms with E-state index in [0.29, 0.717) is 5.52 Å². The summed E-state index contributed by atoms with van der Waals surface area (Å²) < 4.78 is 0. The molecule has 0 bridgehead atoms. The summed E-state index contributed by atoms with van der Waals surface area (Å²) in [6.07, 6.45) is 1.71. The van der Waals surface area contributed by atoms with Gasteiger partial charge < -0.3 is 5.11 Å². The average Bonchev–Trinajstić information content (AvgIpc) is 2.97. The maximum Gasteiger partial charge on any atom is 0.141 e. The topological polar surface area (TPSA) is 33.1 Å². The number of nitrogens with zero attached hydrogens (tertiary/aromatic N) is 1. The molecule has 0 amide bonds. The molecular formula is C35H23NO. The lowest BCUT2D eigenvalue weighted by Crippen LogP contribution is -1.91. The Morgan fingerprint density at radius 2 is 0.892 bits per heavy atom. The van der Waals surface area contributed by atoms with Crippen molar-refractivity contribution in [3.05, 3.63) is 134 Å². The third-order valence-corrected chi connectivity index (χ3v) is 7.23. The van der Waals surface area contributed by atoms with E-state index in [1.54, 1.807) is 12.3 Å². The van der Waals surface area contributed by atoms with Crippen LogP contribution in [-0.2, 0) is 0 Å². The van der Waals surface area contributed by atoms with Crippen LogP contribution in [0.2, 0.25) is 0 Å². The second kappa shape index (κ2) is 8.61. The fourth-order valence-electron chi connectivity index (χ4n) is 5.58. The van der Waals surface area contributed by atoms with Crippen LogP contribution in [0.15, 0.2) is 134 Å². The van der Waals surface area contributed by atoms with Crippen molar-refractivity contribution in [1.82, 2.24) is 4.98 Å². The van der Waals surface area contributed by atoms with Crippen LogP contribution in [0.1, 0.15) is 0 Å². The number of fused-ring (bicyclic) bond motifs is 3. The first-order chi connectivity index (χ1) is 18.3.